The molecule has 0 unspecified atom stereocenters. The first-order valence-corrected chi connectivity index (χ1v) is 6.56. The minimum absolute atomic E-state index is 0.456. The lowest BCUT2D eigenvalue weighted by molar-refractivity contribution is 0.413. The summed E-state index contributed by atoms with van der Waals surface area (Å²) >= 11 is 0. The molecule has 2 N–H and O–H groups in total. The Morgan fingerprint density at radius 1 is 1.05 bits per heavy atom. The Balaban J connectivity index is 1.84. The summed E-state index contributed by atoms with van der Waals surface area (Å²) in [4.78, 5) is 0. The van der Waals surface area contributed by atoms with E-state index in [2.05, 4.69) is 10.2 Å². The molecule has 0 radical (unpaired) electrons. The van der Waals surface area contributed by atoms with E-state index in [9.17, 15) is 0 Å². The van der Waals surface area contributed by atoms with Crippen LogP contribution < -0.4 is 10.5 Å². The standard InChI is InChI=1S/C16H15N3O2/c1-20-14-5-3-2-4-13(14)16-19-18-15(21-16)10-11-6-8-12(17)9-7-11/h2-9H,10,17H2,1H3. The molecule has 1 heterocycles. The largest absolute Gasteiger partial charge is 0.496 e. The highest BCUT2D eigenvalue weighted by atomic mass is 16.5. The molecule has 0 saturated carbocycles. The fourth-order valence-corrected chi connectivity index (χ4v) is 2.07. The minimum atomic E-state index is 0.456. The highest BCUT2D eigenvalue weighted by molar-refractivity contribution is 5.62. The van der Waals surface area contributed by atoms with Crippen LogP contribution in [0.15, 0.2) is 52.9 Å². The number of methoxy groups -OCH3 is 1. The zero-order chi connectivity index (χ0) is 14.7. The van der Waals surface area contributed by atoms with Crippen LogP contribution in [0.4, 0.5) is 5.69 Å². The van der Waals surface area contributed by atoms with Gasteiger partial charge in [-0.25, -0.2) is 0 Å². The molecule has 0 amide bonds. The van der Waals surface area contributed by atoms with Gasteiger partial charge in [-0.3, -0.25) is 0 Å². The SMILES string of the molecule is COc1ccccc1-c1nnc(Cc2ccc(N)cc2)o1. The summed E-state index contributed by atoms with van der Waals surface area (Å²) in [6.07, 6.45) is 0.572. The number of rotatable bonds is 4. The van der Waals surface area contributed by atoms with Gasteiger partial charge >= 0.3 is 0 Å². The third-order valence-electron chi connectivity index (χ3n) is 3.14. The predicted molar refractivity (Wildman–Crippen MR) is 79.9 cm³/mol. The van der Waals surface area contributed by atoms with E-state index in [0.29, 0.717) is 24.0 Å². The maximum Gasteiger partial charge on any atom is 0.251 e. The molecule has 106 valence electrons. The fraction of sp³-hybridized carbons (Fsp3) is 0.125. The molecule has 5 heteroatoms. The number of para-hydroxylation sites is 1. The molecule has 1 aromatic heterocycles. The van der Waals surface area contributed by atoms with E-state index in [0.717, 1.165) is 16.8 Å². The van der Waals surface area contributed by atoms with Crippen LogP contribution in [0, 0.1) is 0 Å². The second-order valence-electron chi connectivity index (χ2n) is 4.62. The van der Waals surface area contributed by atoms with Crippen LogP contribution in [0.1, 0.15) is 11.5 Å². The topological polar surface area (TPSA) is 74.2 Å². The van der Waals surface area contributed by atoms with Crippen molar-refractivity contribution in [3.05, 3.63) is 60.0 Å². The molecular weight excluding hydrogens is 266 g/mol. The number of nitrogens with zero attached hydrogens (tertiary/aromatic N) is 2. The molecule has 5 nitrogen and oxygen atoms in total. The van der Waals surface area contributed by atoms with Gasteiger partial charge in [0.05, 0.1) is 19.1 Å². The van der Waals surface area contributed by atoms with Crippen molar-refractivity contribution in [3.8, 4) is 17.2 Å². The average molecular weight is 281 g/mol. The number of aromatic nitrogens is 2. The fourth-order valence-electron chi connectivity index (χ4n) is 2.07. The number of nitrogen functional groups attached to an aromatic ring is 1. The second kappa shape index (κ2) is 5.66. The summed E-state index contributed by atoms with van der Waals surface area (Å²) < 4.78 is 11.0. The Hall–Kier alpha value is -2.82. The number of nitrogens with two attached hydrogens (primary N) is 1. The molecule has 0 aliphatic heterocycles. The van der Waals surface area contributed by atoms with Gasteiger partial charge in [-0.15, -0.1) is 10.2 Å². The van der Waals surface area contributed by atoms with Crippen LogP contribution in [0.5, 0.6) is 5.75 Å². The number of hydrogen-bond acceptors (Lipinski definition) is 5. The summed E-state index contributed by atoms with van der Waals surface area (Å²) in [5, 5.41) is 8.17. The van der Waals surface area contributed by atoms with Crippen molar-refractivity contribution in [3.63, 3.8) is 0 Å². The Kier molecular flexibility index (Phi) is 3.55. The maximum absolute atomic E-state index is 5.71. The van der Waals surface area contributed by atoms with Gasteiger partial charge in [-0.2, -0.15) is 0 Å². The van der Waals surface area contributed by atoms with E-state index in [1.807, 2.05) is 48.5 Å². The van der Waals surface area contributed by atoms with Gasteiger partial charge in [0, 0.05) is 5.69 Å². The lowest BCUT2D eigenvalue weighted by atomic mass is 10.1. The second-order valence-corrected chi connectivity index (χ2v) is 4.62. The first-order valence-electron chi connectivity index (χ1n) is 6.56. The van der Waals surface area contributed by atoms with Crippen molar-refractivity contribution < 1.29 is 9.15 Å². The third-order valence-corrected chi connectivity index (χ3v) is 3.14. The van der Waals surface area contributed by atoms with E-state index in [1.165, 1.54) is 0 Å². The average Bonchev–Trinajstić information content (AvgIpc) is 2.98. The Labute approximate surface area is 122 Å². The summed E-state index contributed by atoms with van der Waals surface area (Å²) in [6, 6.07) is 15.2. The van der Waals surface area contributed by atoms with Crippen molar-refractivity contribution in [1.29, 1.82) is 0 Å². The van der Waals surface area contributed by atoms with Crippen molar-refractivity contribution in [2.45, 2.75) is 6.42 Å². The van der Waals surface area contributed by atoms with Crippen LogP contribution in [0.25, 0.3) is 11.5 Å². The first-order chi connectivity index (χ1) is 10.3. The number of ether oxygens (including phenoxy) is 1. The zero-order valence-corrected chi connectivity index (χ0v) is 11.6. The highest BCUT2D eigenvalue weighted by Crippen LogP contribution is 2.28. The molecule has 3 aromatic rings. The van der Waals surface area contributed by atoms with Crippen LogP contribution in [-0.4, -0.2) is 17.3 Å². The monoisotopic (exact) mass is 281 g/mol. The quantitative estimate of drug-likeness (QED) is 0.744. The van der Waals surface area contributed by atoms with Crippen molar-refractivity contribution >= 4 is 5.69 Å². The summed E-state index contributed by atoms with van der Waals surface area (Å²) in [6.45, 7) is 0. The molecule has 3 rings (SSSR count). The number of benzene rings is 2. The molecule has 0 saturated heterocycles. The van der Waals surface area contributed by atoms with Gasteiger partial charge in [-0.05, 0) is 29.8 Å². The smallest absolute Gasteiger partial charge is 0.251 e. The lowest BCUT2D eigenvalue weighted by Crippen LogP contribution is -1.90. The molecule has 2 aromatic carbocycles. The Morgan fingerprint density at radius 2 is 1.81 bits per heavy atom. The van der Waals surface area contributed by atoms with Crippen molar-refractivity contribution in [2.75, 3.05) is 12.8 Å². The van der Waals surface area contributed by atoms with Crippen LogP contribution in [0.2, 0.25) is 0 Å². The molecular formula is C16H15N3O2. The van der Waals surface area contributed by atoms with E-state index in [-0.39, 0.29) is 0 Å². The van der Waals surface area contributed by atoms with Gasteiger partial charge in [0.2, 0.25) is 5.89 Å². The number of hydrogen-bond donors (Lipinski definition) is 1. The van der Waals surface area contributed by atoms with E-state index >= 15 is 0 Å². The molecule has 0 spiro atoms. The Morgan fingerprint density at radius 3 is 2.57 bits per heavy atom. The van der Waals surface area contributed by atoms with Gasteiger partial charge in [0.25, 0.3) is 5.89 Å². The lowest BCUT2D eigenvalue weighted by Gasteiger charge is -2.03. The summed E-state index contributed by atoms with van der Waals surface area (Å²) in [5.41, 5.74) is 8.26. The van der Waals surface area contributed by atoms with E-state index < -0.39 is 0 Å². The van der Waals surface area contributed by atoms with Crippen molar-refractivity contribution in [2.24, 2.45) is 0 Å². The van der Waals surface area contributed by atoms with Crippen molar-refractivity contribution in [1.82, 2.24) is 10.2 Å². The normalized spacial score (nSPS) is 10.5. The van der Waals surface area contributed by atoms with Crippen LogP contribution >= 0.6 is 0 Å². The van der Waals surface area contributed by atoms with Gasteiger partial charge in [-0.1, -0.05) is 24.3 Å². The third kappa shape index (κ3) is 2.86. The van der Waals surface area contributed by atoms with Gasteiger partial charge in [0.1, 0.15) is 5.75 Å². The first kappa shape index (κ1) is 13.2. The van der Waals surface area contributed by atoms with Crippen LogP contribution in [-0.2, 0) is 6.42 Å². The zero-order valence-electron chi connectivity index (χ0n) is 11.6. The number of anilines is 1. The maximum atomic E-state index is 5.71. The molecule has 0 bridgehead atoms. The molecule has 0 atom stereocenters. The molecule has 21 heavy (non-hydrogen) atoms. The minimum Gasteiger partial charge on any atom is -0.496 e. The highest BCUT2D eigenvalue weighted by Gasteiger charge is 2.13. The van der Waals surface area contributed by atoms with E-state index in [1.54, 1.807) is 7.11 Å². The molecule has 0 aliphatic carbocycles. The predicted octanol–water partition coefficient (Wildman–Crippen LogP) is 2.92. The summed E-state index contributed by atoms with van der Waals surface area (Å²) in [5.74, 6) is 1.72. The molecule has 0 aliphatic rings. The van der Waals surface area contributed by atoms with Gasteiger partial charge < -0.3 is 14.9 Å². The Bertz CT molecular complexity index is 735. The summed E-state index contributed by atoms with van der Waals surface area (Å²) in [7, 11) is 1.62. The molecule has 0 fully saturated rings. The van der Waals surface area contributed by atoms with Crippen LogP contribution in [0.3, 0.4) is 0 Å². The van der Waals surface area contributed by atoms with E-state index in [4.69, 9.17) is 14.9 Å². The van der Waals surface area contributed by atoms with Gasteiger partial charge in [0.15, 0.2) is 0 Å².